The summed E-state index contributed by atoms with van der Waals surface area (Å²) in [5, 5.41) is 8.56. The van der Waals surface area contributed by atoms with Gasteiger partial charge in [0.25, 0.3) is 5.89 Å². The first-order chi connectivity index (χ1) is 15.6. The number of rotatable bonds is 8. The SMILES string of the molecule is COc1ccc(-c2noc(COC(=O)CCn3ncc(=O)c4ccccc43)n2)c(OC)c1. The van der Waals surface area contributed by atoms with Crippen molar-refractivity contribution in [1.82, 2.24) is 19.9 Å². The summed E-state index contributed by atoms with van der Waals surface area (Å²) in [6.45, 7) is 0.0976. The van der Waals surface area contributed by atoms with Crippen LogP contribution >= 0.6 is 0 Å². The number of hydrogen-bond donors (Lipinski definition) is 0. The van der Waals surface area contributed by atoms with Gasteiger partial charge >= 0.3 is 5.97 Å². The summed E-state index contributed by atoms with van der Waals surface area (Å²) in [6, 6.07) is 12.3. The maximum Gasteiger partial charge on any atom is 0.308 e. The highest BCUT2D eigenvalue weighted by Crippen LogP contribution is 2.31. The molecule has 10 nitrogen and oxygen atoms in total. The number of para-hydroxylation sites is 1. The van der Waals surface area contributed by atoms with Gasteiger partial charge in [-0.2, -0.15) is 10.1 Å². The molecule has 0 atom stereocenters. The Balaban J connectivity index is 1.37. The second kappa shape index (κ2) is 9.29. The molecule has 0 aliphatic rings. The lowest BCUT2D eigenvalue weighted by Crippen LogP contribution is -2.15. The third-order valence-electron chi connectivity index (χ3n) is 4.76. The monoisotopic (exact) mass is 436 g/mol. The molecule has 0 radical (unpaired) electrons. The molecule has 0 spiro atoms. The molecule has 2 aromatic heterocycles. The van der Waals surface area contributed by atoms with Crippen molar-refractivity contribution >= 4 is 16.9 Å². The molecular formula is C22H20N4O6. The number of ether oxygens (including phenoxy) is 3. The lowest BCUT2D eigenvalue weighted by Gasteiger charge is -2.08. The average molecular weight is 436 g/mol. The molecule has 4 rings (SSSR count). The van der Waals surface area contributed by atoms with Gasteiger partial charge in [0.1, 0.15) is 11.5 Å². The Kier molecular flexibility index (Phi) is 6.11. The molecule has 4 aromatic rings. The standard InChI is InChI=1S/C22H20N4O6/c1-29-14-7-8-16(19(11-14)30-2)22-24-20(32-25-22)13-31-21(28)9-10-26-17-6-4-3-5-15(17)18(27)12-23-26/h3-8,11-12H,9-10,13H2,1-2H3. The van der Waals surface area contributed by atoms with Crippen molar-refractivity contribution in [3.8, 4) is 22.9 Å². The molecular weight excluding hydrogens is 416 g/mol. The molecule has 0 amide bonds. The van der Waals surface area contributed by atoms with Crippen LogP contribution in [0.15, 0.2) is 58.0 Å². The molecule has 2 aromatic carbocycles. The van der Waals surface area contributed by atoms with Gasteiger partial charge in [-0.05, 0) is 24.3 Å². The summed E-state index contributed by atoms with van der Waals surface area (Å²) in [4.78, 5) is 28.3. The van der Waals surface area contributed by atoms with Gasteiger partial charge in [0.15, 0.2) is 6.61 Å². The largest absolute Gasteiger partial charge is 0.497 e. The first kappa shape index (κ1) is 21.0. The van der Waals surface area contributed by atoms with Gasteiger partial charge in [-0.15, -0.1) is 0 Å². The van der Waals surface area contributed by atoms with Gasteiger partial charge in [-0.3, -0.25) is 14.3 Å². The minimum atomic E-state index is -0.462. The second-order valence-corrected chi connectivity index (χ2v) is 6.74. The third kappa shape index (κ3) is 4.43. The normalized spacial score (nSPS) is 10.8. The molecule has 0 bridgehead atoms. The first-order valence-electron chi connectivity index (χ1n) is 9.74. The van der Waals surface area contributed by atoms with E-state index in [1.54, 1.807) is 48.2 Å². The topological polar surface area (TPSA) is 119 Å². The molecule has 0 unspecified atom stereocenters. The molecule has 0 N–H and O–H groups in total. The summed E-state index contributed by atoms with van der Waals surface area (Å²) >= 11 is 0. The van der Waals surface area contributed by atoms with Crippen molar-refractivity contribution in [1.29, 1.82) is 0 Å². The maximum atomic E-state index is 12.2. The number of benzene rings is 2. The molecule has 0 saturated carbocycles. The Labute approximate surface area is 182 Å². The zero-order valence-corrected chi connectivity index (χ0v) is 17.5. The van der Waals surface area contributed by atoms with Crippen molar-refractivity contribution in [2.24, 2.45) is 0 Å². The highest BCUT2D eigenvalue weighted by Gasteiger charge is 2.16. The fourth-order valence-electron chi connectivity index (χ4n) is 3.16. The van der Waals surface area contributed by atoms with E-state index in [4.69, 9.17) is 18.7 Å². The van der Waals surface area contributed by atoms with Crippen LogP contribution in [-0.4, -0.2) is 40.1 Å². The van der Waals surface area contributed by atoms with Crippen LogP contribution in [0.5, 0.6) is 11.5 Å². The summed E-state index contributed by atoms with van der Waals surface area (Å²) in [7, 11) is 3.09. The smallest absolute Gasteiger partial charge is 0.308 e. The predicted octanol–water partition coefficient (Wildman–Crippen LogP) is 2.60. The van der Waals surface area contributed by atoms with Crippen LogP contribution in [0.4, 0.5) is 0 Å². The van der Waals surface area contributed by atoms with E-state index in [2.05, 4.69) is 15.2 Å². The number of carbonyl (C=O) groups is 1. The molecule has 164 valence electrons. The van der Waals surface area contributed by atoms with E-state index < -0.39 is 5.97 Å². The van der Waals surface area contributed by atoms with Crippen LogP contribution in [0, 0.1) is 0 Å². The van der Waals surface area contributed by atoms with E-state index in [-0.39, 0.29) is 30.9 Å². The number of nitrogens with zero attached hydrogens (tertiary/aromatic N) is 4. The highest BCUT2D eigenvalue weighted by molar-refractivity contribution is 5.78. The van der Waals surface area contributed by atoms with Crippen molar-refractivity contribution in [2.45, 2.75) is 19.6 Å². The Morgan fingerprint density at radius 1 is 1.12 bits per heavy atom. The van der Waals surface area contributed by atoms with Gasteiger partial charge in [-0.1, -0.05) is 17.3 Å². The van der Waals surface area contributed by atoms with Crippen molar-refractivity contribution in [3.63, 3.8) is 0 Å². The highest BCUT2D eigenvalue weighted by atomic mass is 16.6. The van der Waals surface area contributed by atoms with Crippen LogP contribution < -0.4 is 14.9 Å². The molecule has 2 heterocycles. The fraction of sp³-hybridized carbons (Fsp3) is 0.227. The van der Waals surface area contributed by atoms with Gasteiger partial charge in [0.05, 0.1) is 44.5 Å². The zero-order chi connectivity index (χ0) is 22.5. The third-order valence-corrected chi connectivity index (χ3v) is 4.76. The Bertz CT molecular complexity index is 1310. The quantitative estimate of drug-likeness (QED) is 0.384. The Hall–Kier alpha value is -4.21. The van der Waals surface area contributed by atoms with Crippen LogP contribution in [0.1, 0.15) is 12.3 Å². The number of hydrogen-bond acceptors (Lipinski definition) is 9. The number of methoxy groups -OCH3 is 2. The predicted molar refractivity (Wildman–Crippen MR) is 113 cm³/mol. The second-order valence-electron chi connectivity index (χ2n) is 6.74. The lowest BCUT2D eigenvalue weighted by molar-refractivity contribution is -0.146. The molecule has 0 saturated heterocycles. The zero-order valence-electron chi connectivity index (χ0n) is 17.5. The van der Waals surface area contributed by atoms with Crippen LogP contribution in [0.3, 0.4) is 0 Å². The van der Waals surface area contributed by atoms with Crippen molar-refractivity contribution in [3.05, 3.63) is 64.8 Å². The summed E-state index contributed by atoms with van der Waals surface area (Å²) in [6.07, 6.45) is 1.30. The molecule has 0 aliphatic carbocycles. The van der Waals surface area contributed by atoms with E-state index in [9.17, 15) is 9.59 Å². The summed E-state index contributed by atoms with van der Waals surface area (Å²) < 4.78 is 22.5. The molecule has 10 heteroatoms. The summed E-state index contributed by atoms with van der Waals surface area (Å²) in [5.74, 6) is 1.15. The molecule has 0 aliphatic heterocycles. The van der Waals surface area contributed by atoms with E-state index in [0.717, 1.165) is 0 Å². The maximum absolute atomic E-state index is 12.2. The number of carbonyl (C=O) groups excluding carboxylic acids is 1. The number of fused-ring (bicyclic) bond motifs is 1. The first-order valence-corrected chi connectivity index (χ1v) is 9.74. The Morgan fingerprint density at radius 3 is 2.78 bits per heavy atom. The van der Waals surface area contributed by atoms with Gasteiger partial charge in [-0.25, -0.2) is 0 Å². The van der Waals surface area contributed by atoms with Gasteiger partial charge in [0.2, 0.25) is 11.3 Å². The Morgan fingerprint density at radius 2 is 1.97 bits per heavy atom. The van der Waals surface area contributed by atoms with E-state index in [1.807, 2.05) is 6.07 Å². The number of aromatic nitrogens is 4. The minimum absolute atomic E-state index is 0.0627. The van der Waals surface area contributed by atoms with Gasteiger partial charge < -0.3 is 18.7 Å². The fourth-order valence-corrected chi connectivity index (χ4v) is 3.16. The minimum Gasteiger partial charge on any atom is -0.497 e. The summed E-state index contributed by atoms with van der Waals surface area (Å²) in [5.41, 5.74) is 1.11. The molecule has 32 heavy (non-hydrogen) atoms. The average Bonchev–Trinajstić information content (AvgIpc) is 3.31. The van der Waals surface area contributed by atoms with Crippen molar-refractivity contribution in [2.75, 3.05) is 14.2 Å². The van der Waals surface area contributed by atoms with E-state index >= 15 is 0 Å². The number of aryl methyl sites for hydroxylation is 1. The van der Waals surface area contributed by atoms with E-state index in [0.29, 0.717) is 33.8 Å². The van der Waals surface area contributed by atoms with Crippen LogP contribution in [0.2, 0.25) is 0 Å². The van der Waals surface area contributed by atoms with Gasteiger partial charge in [0, 0.05) is 11.5 Å². The van der Waals surface area contributed by atoms with E-state index in [1.165, 1.54) is 13.3 Å². The molecule has 0 fully saturated rings. The van der Waals surface area contributed by atoms with Crippen LogP contribution in [-0.2, 0) is 22.7 Å². The van der Waals surface area contributed by atoms with Crippen LogP contribution in [0.25, 0.3) is 22.3 Å². The van der Waals surface area contributed by atoms with Crippen molar-refractivity contribution < 1.29 is 23.5 Å². The number of esters is 1. The lowest BCUT2D eigenvalue weighted by atomic mass is 10.2.